The van der Waals surface area contributed by atoms with Crippen LogP contribution >= 0.6 is 0 Å². The van der Waals surface area contributed by atoms with Gasteiger partial charge in [-0.2, -0.15) is 0 Å². The zero-order valence-corrected chi connectivity index (χ0v) is 11.2. The van der Waals surface area contributed by atoms with Crippen LogP contribution in [0, 0.1) is 16.0 Å². The molecule has 2 rings (SSSR count). The minimum absolute atomic E-state index is 0.118. The van der Waals surface area contributed by atoms with Crippen LogP contribution in [0.3, 0.4) is 0 Å². The van der Waals surface area contributed by atoms with Gasteiger partial charge in [-0.05, 0) is 24.5 Å². The van der Waals surface area contributed by atoms with Crippen molar-refractivity contribution < 1.29 is 13.3 Å². The number of rotatable bonds is 5. The van der Waals surface area contributed by atoms with E-state index >= 15 is 0 Å². The van der Waals surface area contributed by atoms with Crippen LogP contribution in [0.25, 0.3) is 0 Å². The van der Waals surface area contributed by atoms with E-state index in [0.29, 0.717) is 5.92 Å². The Balaban J connectivity index is 2.32. The number of nitrogens with zero attached hydrogens (tertiary/aromatic N) is 1. The summed E-state index contributed by atoms with van der Waals surface area (Å²) in [4.78, 5) is 9.82. The van der Waals surface area contributed by atoms with Gasteiger partial charge in [-0.3, -0.25) is 10.1 Å². The molecule has 19 heavy (non-hydrogen) atoms. The number of nitro benzene ring substituents is 1. The van der Waals surface area contributed by atoms with Crippen molar-refractivity contribution in [2.75, 3.05) is 5.73 Å². The molecule has 0 saturated heterocycles. The number of nitrogens with two attached hydrogens (primary N) is 1. The van der Waals surface area contributed by atoms with Gasteiger partial charge in [-0.15, -0.1) is 0 Å². The highest BCUT2D eigenvalue weighted by molar-refractivity contribution is 7.89. The fourth-order valence-electron chi connectivity index (χ4n) is 2.01. The van der Waals surface area contributed by atoms with Crippen molar-refractivity contribution in [2.45, 2.75) is 30.7 Å². The maximum Gasteiger partial charge on any atom is 0.291 e. The summed E-state index contributed by atoms with van der Waals surface area (Å²) in [6.07, 6.45) is 1.66. The molecular formula is C11H15N3O4S. The molecule has 0 spiro atoms. The molecular weight excluding hydrogens is 270 g/mol. The third kappa shape index (κ3) is 2.85. The monoisotopic (exact) mass is 285 g/mol. The van der Waals surface area contributed by atoms with Gasteiger partial charge in [0.25, 0.3) is 5.69 Å². The fraction of sp³-hybridized carbons (Fsp3) is 0.455. The Morgan fingerprint density at radius 2 is 2.21 bits per heavy atom. The van der Waals surface area contributed by atoms with Crippen molar-refractivity contribution in [2.24, 2.45) is 5.92 Å². The first kappa shape index (κ1) is 13.8. The summed E-state index contributed by atoms with van der Waals surface area (Å²) in [7, 11) is -3.88. The van der Waals surface area contributed by atoms with Crippen molar-refractivity contribution in [3.05, 3.63) is 28.3 Å². The maximum absolute atomic E-state index is 12.1. The van der Waals surface area contributed by atoms with E-state index in [-0.39, 0.29) is 16.6 Å². The summed E-state index contributed by atoms with van der Waals surface area (Å²) < 4.78 is 26.7. The van der Waals surface area contributed by atoms with Crippen LogP contribution in [-0.2, 0) is 10.0 Å². The number of benzene rings is 1. The highest BCUT2D eigenvalue weighted by Gasteiger charge is 2.40. The van der Waals surface area contributed by atoms with E-state index in [9.17, 15) is 18.5 Å². The lowest BCUT2D eigenvalue weighted by molar-refractivity contribution is -0.387. The van der Waals surface area contributed by atoms with Gasteiger partial charge in [-0.25, -0.2) is 13.1 Å². The molecule has 7 nitrogen and oxygen atoms in total. The van der Waals surface area contributed by atoms with Gasteiger partial charge in [0, 0.05) is 17.8 Å². The highest BCUT2D eigenvalue weighted by Crippen LogP contribution is 2.35. The summed E-state index contributed by atoms with van der Waals surface area (Å²) in [5.74, 6) is 0.322. The van der Waals surface area contributed by atoms with Crippen LogP contribution < -0.4 is 10.5 Å². The van der Waals surface area contributed by atoms with E-state index in [1.165, 1.54) is 12.1 Å². The topological polar surface area (TPSA) is 115 Å². The maximum atomic E-state index is 12.1. The van der Waals surface area contributed by atoms with Crippen molar-refractivity contribution in [3.8, 4) is 0 Å². The second-order valence-electron chi connectivity index (χ2n) is 4.62. The number of hydrogen-bond donors (Lipinski definition) is 2. The predicted molar refractivity (Wildman–Crippen MR) is 70.0 cm³/mol. The van der Waals surface area contributed by atoms with Crippen LogP contribution in [0.5, 0.6) is 0 Å². The fourth-order valence-corrected chi connectivity index (χ4v) is 3.48. The Bertz CT molecular complexity index is 614. The van der Waals surface area contributed by atoms with Crippen LogP contribution in [0.2, 0.25) is 0 Å². The average molecular weight is 285 g/mol. The Morgan fingerprint density at radius 3 is 2.74 bits per heavy atom. The molecule has 0 heterocycles. The molecule has 1 saturated carbocycles. The molecule has 8 heteroatoms. The molecule has 104 valence electrons. The van der Waals surface area contributed by atoms with Crippen molar-refractivity contribution in [1.29, 1.82) is 0 Å². The third-order valence-electron chi connectivity index (χ3n) is 3.22. The average Bonchev–Trinajstić information content (AvgIpc) is 3.06. The van der Waals surface area contributed by atoms with Gasteiger partial charge in [0.05, 0.1) is 4.92 Å². The number of nitrogens with one attached hydrogen (secondary N) is 1. The van der Waals surface area contributed by atoms with E-state index < -0.39 is 20.6 Å². The van der Waals surface area contributed by atoms with Crippen molar-refractivity contribution in [3.63, 3.8) is 0 Å². The summed E-state index contributed by atoms with van der Waals surface area (Å²) in [5.41, 5.74) is 5.10. The molecule has 1 aromatic carbocycles. The van der Waals surface area contributed by atoms with E-state index in [1.807, 2.05) is 6.92 Å². The zero-order valence-electron chi connectivity index (χ0n) is 10.4. The summed E-state index contributed by atoms with van der Waals surface area (Å²) in [6, 6.07) is 3.44. The summed E-state index contributed by atoms with van der Waals surface area (Å²) in [5, 5.41) is 10.9. The van der Waals surface area contributed by atoms with E-state index in [1.54, 1.807) is 0 Å². The Hall–Kier alpha value is -1.67. The quantitative estimate of drug-likeness (QED) is 0.480. The molecule has 0 aromatic heterocycles. The molecule has 3 N–H and O–H groups in total. The van der Waals surface area contributed by atoms with Crippen LogP contribution in [0.4, 0.5) is 11.4 Å². The Kier molecular flexibility index (Phi) is 3.46. The molecule has 2 unspecified atom stereocenters. The first-order valence-corrected chi connectivity index (χ1v) is 7.39. The van der Waals surface area contributed by atoms with E-state index in [4.69, 9.17) is 5.73 Å². The molecule has 1 aliphatic carbocycles. The molecule has 0 bridgehead atoms. The molecule has 1 fully saturated rings. The second-order valence-corrected chi connectivity index (χ2v) is 6.30. The predicted octanol–water partition coefficient (Wildman–Crippen LogP) is 1.25. The van der Waals surface area contributed by atoms with Crippen molar-refractivity contribution >= 4 is 21.4 Å². The molecule has 2 atom stereocenters. The Labute approximate surface area is 111 Å². The summed E-state index contributed by atoms with van der Waals surface area (Å²) >= 11 is 0. The van der Waals surface area contributed by atoms with Gasteiger partial charge in [-0.1, -0.05) is 13.3 Å². The molecule has 1 aliphatic rings. The normalized spacial score (nSPS) is 22.2. The van der Waals surface area contributed by atoms with Gasteiger partial charge < -0.3 is 5.73 Å². The standard InChI is InChI=1S/C11H15N3O4S/c1-2-7-5-9(7)13-19(17,18)11-4-3-8(12)6-10(11)14(15)16/h3-4,6-7,9,13H,2,5,12H2,1H3. The number of hydrogen-bond acceptors (Lipinski definition) is 5. The van der Waals surface area contributed by atoms with E-state index in [0.717, 1.165) is 18.9 Å². The first-order chi connectivity index (χ1) is 8.85. The number of anilines is 1. The largest absolute Gasteiger partial charge is 0.399 e. The van der Waals surface area contributed by atoms with Crippen LogP contribution in [-0.4, -0.2) is 19.4 Å². The highest BCUT2D eigenvalue weighted by atomic mass is 32.2. The SMILES string of the molecule is CCC1CC1NS(=O)(=O)c1ccc(N)cc1[N+](=O)[O-]. The molecule has 0 amide bonds. The number of nitro groups is 1. The van der Waals surface area contributed by atoms with E-state index in [2.05, 4.69) is 4.72 Å². The van der Waals surface area contributed by atoms with Crippen LogP contribution in [0.1, 0.15) is 19.8 Å². The lowest BCUT2D eigenvalue weighted by atomic mass is 10.3. The second kappa shape index (κ2) is 4.78. The van der Waals surface area contributed by atoms with Gasteiger partial charge in [0.1, 0.15) is 0 Å². The third-order valence-corrected chi connectivity index (χ3v) is 4.76. The molecule has 0 aliphatic heterocycles. The lowest BCUT2D eigenvalue weighted by Gasteiger charge is -2.07. The van der Waals surface area contributed by atoms with Gasteiger partial charge in [0.2, 0.25) is 10.0 Å². The molecule has 1 aromatic rings. The Morgan fingerprint density at radius 1 is 1.53 bits per heavy atom. The zero-order chi connectivity index (χ0) is 14.2. The van der Waals surface area contributed by atoms with Crippen molar-refractivity contribution in [1.82, 2.24) is 4.72 Å². The van der Waals surface area contributed by atoms with Gasteiger partial charge in [0.15, 0.2) is 4.90 Å². The number of nitrogen functional groups attached to an aromatic ring is 1. The lowest BCUT2D eigenvalue weighted by Crippen LogP contribution is -2.27. The smallest absolute Gasteiger partial charge is 0.291 e. The minimum atomic E-state index is -3.88. The summed E-state index contributed by atoms with van der Waals surface area (Å²) in [6.45, 7) is 1.98. The van der Waals surface area contributed by atoms with Gasteiger partial charge >= 0.3 is 0 Å². The minimum Gasteiger partial charge on any atom is -0.399 e. The first-order valence-electron chi connectivity index (χ1n) is 5.91. The number of sulfonamides is 1. The van der Waals surface area contributed by atoms with Crippen LogP contribution in [0.15, 0.2) is 23.1 Å². The molecule has 0 radical (unpaired) electrons.